The van der Waals surface area contributed by atoms with Gasteiger partial charge in [-0.3, -0.25) is 9.59 Å². The topological polar surface area (TPSA) is 58.6 Å². The Balaban J connectivity index is 1.52. The van der Waals surface area contributed by atoms with Gasteiger partial charge in [0.1, 0.15) is 0 Å². The number of carbonyl (C=O) groups is 2. The maximum atomic E-state index is 13.7. The number of hydrogen-bond acceptors (Lipinski definition) is 3. The van der Waals surface area contributed by atoms with Gasteiger partial charge in [-0.05, 0) is 42.9 Å². The molecule has 2 fully saturated rings. The summed E-state index contributed by atoms with van der Waals surface area (Å²) in [6.07, 6.45) is 5.94. The number of amides is 2. The first kappa shape index (κ1) is 20.3. The molecule has 2 heterocycles. The molecule has 162 valence electrons. The predicted octanol–water partition coefficient (Wildman–Crippen LogP) is 4.03. The van der Waals surface area contributed by atoms with E-state index in [-0.39, 0.29) is 23.8 Å². The summed E-state index contributed by atoms with van der Waals surface area (Å²) >= 11 is 0. The van der Waals surface area contributed by atoms with Gasteiger partial charge in [0, 0.05) is 25.3 Å². The molecule has 31 heavy (non-hydrogen) atoms. The Labute approximate surface area is 183 Å². The van der Waals surface area contributed by atoms with Gasteiger partial charge in [0.05, 0.1) is 17.6 Å². The first-order valence-corrected chi connectivity index (χ1v) is 11.5. The molecule has 2 aliphatic heterocycles. The largest absolute Gasteiger partial charge is 0.376 e. The highest BCUT2D eigenvalue weighted by Gasteiger charge is 2.55. The van der Waals surface area contributed by atoms with Gasteiger partial charge in [0.2, 0.25) is 5.91 Å². The molecule has 1 spiro atoms. The fourth-order valence-electron chi connectivity index (χ4n) is 5.78. The lowest BCUT2D eigenvalue weighted by Crippen LogP contribution is -2.60. The zero-order valence-corrected chi connectivity index (χ0v) is 17.9. The molecule has 2 aromatic rings. The van der Waals surface area contributed by atoms with Crippen LogP contribution in [0.3, 0.4) is 0 Å². The van der Waals surface area contributed by atoms with E-state index in [4.69, 9.17) is 4.74 Å². The smallest absolute Gasteiger partial charge is 0.254 e. The molecule has 5 heteroatoms. The van der Waals surface area contributed by atoms with Gasteiger partial charge in [0.15, 0.2) is 0 Å². The maximum Gasteiger partial charge on any atom is 0.254 e. The number of hydrogen-bond donors (Lipinski definition) is 1. The molecule has 0 unspecified atom stereocenters. The predicted molar refractivity (Wildman–Crippen MR) is 119 cm³/mol. The van der Waals surface area contributed by atoms with E-state index >= 15 is 0 Å². The second-order valence-electron chi connectivity index (χ2n) is 9.09. The number of nitrogens with zero attached hydrogens (tertiary/aromatic N) is 1. The van der Waals surface area contributed by atoms with Crippen molar-refractivity contribution in [2.45, 2.75) is 62.6 Å². The van der Waals surface area contributed by atoms with Crippen LogP contribution in [0.2, 0.25) is 0 Å². The fraction of sp³-hybridized carbons (Fsp3) is 0.462. The van der Waals surface area contributed by atoms with Crippen molar-refractivity contribution in [1.29, 1.82) is 0 Å². The van der Waals surface area contributed by atoms with Crippen molar-refractivity contribution in [3.8, 4) is 0 Å². The molecule has 0 radical (unpaired) electrons. The average Bonchev–Trinajstić information content (AvgIpc) is 3.49. The number of ether oxygens (including phenoxy) is 1. The zero-order chi connectivity index (χ0) is 21.3. The summed E-state index contributed by atoms with van der Waals surface area (Å²) in [4.78, 5) is 29.4. The van der Waals surface area contributed by atoms with E-state index in [2.05, 4.69) is 17.4 Å². The normalized spacial score (nSPS) is 24.4. The quantitative estimate of drug-likeness (QED) is 0.797. The minimum absolute atomic E-state index is 0.0235. The van der Waals surface area contributed by atoms with E-state index in [1.54, 1.807) is 0 Å². The molecule has 3 aliphatic rings. The van der Waals surface area contributed by atoms with Crippen LogP contribution in [-0.2, 0) is 16.1 Å². The van der Waals surface area contributed by atoms with Crippen LogP contribution in [0.1, 0.15) is 65.9 Å². The van der Waals surface area contributed by atoms with Crippen molar-refractivity contribution in [2.24, 2.45) is 0 Å². The Kier molecular flexibility index (Phi) is 5.53. The Morgan fingerprint density at radius 1 is 1.03 bits per heavy atom. The van der Waals surface area contributed by atoms with Crippen LogP contribution in [0.5, 0.6) is 0 Å². The first-order valence-electron chi connectivity index (χ1n) is 11.5. The summed E-state index contributed by atoms with van der Waals surface area (Å²) < 4.78 is 5.72. The molecule has 5 rings (SSSR count). The van der Waals surface area contributed by atoms with Crippen LogP contribution in [0.4, 0.5) is 0 Å². The van der Waals surface area contributed by atoms with Gasteiger partial charge in [0.25, 0.3) is 5.91 Å². The fourth-order valence-corrected chi connectivity index (χ4v) is 5.78. The molecule has 1 N–H and O–H groups in total. The van der Waals surface area contributed by atoms with Gasteiger partial charge >= 0.3 is 0 Å². The number of carbonyl (C=O) groups excluding carboxylic acids is 2. The van der Waals surface area contributed by atoms with Crippen molar-refractivity contribution in [2.75, 3.05) is 13.2 Å². The standard InChI is InChI=1S/C26H30N2O3/c29-24(27-17-20-11-8-16-31-20)23-21-12-4-5-13-22(21)25(30)28(26(23)14-6-7-15-26)18-19-9-2-1-3-10-19/h1-5,9-10,12-13,20,23H,6-8,11,14-18H2,(H,27,29)/t20-,23+/m1/s1. The minimum Gasteiger partial charge on any atom is -0.376 e. The Bertz CT molecular complexity index is 946. The third-order valence-electron chi connectivity index (χ3n) is 7.27. The van der Waals surface area contributed by atoms with E-state index in [0.29, 0.717) is 18.7 Å². The second kappa shape index (κ2) is 8.46. The molecular formula is C26H30N2O3. The van der Waals surface area contributed by atoms with Gasteiger partial charge in [-0.1, -0.05) is 61.4 Å². The Morgan fingerprint density at radius 2 is 1.77 bits per heavy atom. The second-order valence-corrected chi connectivity index (χ2v) is 9.09. The van der Waals surface area contributed by atoms with Gasteiger partial charge in [-0.2, -0.15) is 0 Å². The maximum absolute atomic E-state index is 13.7. The molecular weight excluding hydrogens is 388 g/mol. The zero-order valence-electron chi connectivity index (χ0n) is 17.9. The van der Waals surface area contributed by atoms with E-state index in [0.717, 1.165) is 56.3 Å². The number of rotatable bonds is 5. The molecule has 1 saturated carbocycles. The minimum atomic E-state index is -0.470. The highest BCUT2D eigenvalue weighted by Crippen LogP contribution is 2.50. The molecule has 1 saturated heterocycles. The van der Waals surface area contributed by atoms with E-state index in [1.165, 1.54) is 0 Å². The third kappa shape index (κ3) is 3.65. The third-order valence-corrected chi connectivity index (χ3v) is 7.27. The van der Waals surface area contributed by atoms with Crippen molar-refractivity contribution < 1.29 is 14.3 Å². The molecule has 1 aliphatic carbocycles. The van der Waals surface area contributed by atoms with Crippen molar-refractivity contribution in [1.82, 2.24) is 10.2 Å². The summed E-state index contributed by atoms with van der Waals surface area (Å²) in [5.41, 5.74) is 2.17. The molecule has 0 aromatic heterocycles. The van der Waals surface area contributed by atoms with Gasteiger partial charge < -0.3 is 15.0 Å². The summed E-state index contributed by atoms with van der Waals surface area (Å²) in [6.45, 7) is 1.85. The van der Waals surface area contributed by atoms with Crippen LogP contribution < -0.4 is 5.32 Å². The number of benzene rings is 2. The monoisotopic (exact) mass is 418 g/mol. The highest BCUT2D eigenvalue weighted by atomic mass is 16.5. The van der Waals surface area contributed by atoms with Crippen molar-refractivity contribution >= 4 is 11.8 Å². The number of fused-ring (bicyclic) bond motifs is 1. The lowest BCUT2D eigenvalue weighted by Gasteiger charge is -2.50. The summed E-state index contributed by atoms with van der Waals surface area (Å²) in [6, 6.07) is 17.8. The van der Waals surface area contributed by atoms with Gasteiger partial charge in [-0.25, -0.2) is 0 Å². The SMILES string of the molecule is O=C(NC[C@H]1CCCO1)[C@@H]1c2ccccc2C(=O)N(Cc2ccccc2)C12CCCC2. The highest BCUT2D eigenvalue weighted by molar-refractivity contribution is 6.02. The summed E-state index contributed by atoms with van der Waals surface area (Å²) in [5, 5.41) is 3.18. The molecule has 5 nitrogen and oxygen atoms in total. The van der Waals surface area contributed by atoms with Crippen LogP contribution in [-0.4, -0.2) is 41.5 Å². The average molecular weight is 419 g/mol. The van der Waals surface area contributed by atoms with E-state index in [1.807, 2.05) is 47.4 Å². The Morgan fingerprint density at radius 3 is 2.52 bits per heavy atom. The molecule has 0 bridgehead atoms. The van der Waals surface area contributed by atoms with Crippen molar-refractivity contribution in [3.63, 3.8) is 0 Å². The number of nitrogens with one attached hydrogen (secondary N) is 1. The van der Waals surface area contributed by atoms with E-state index < -0.39 is 5.54 Å². The van der Waals surface area contributed by atoms with Crippen LogP contribution in [0.15, 0.2) is 54.6 Å². The van der Waals surface area contributed by atoms with Crippen molar-refractivity contribution in [3.05, 3.63) is 71.3 Å². The lowest BCUT2D eigenvalue weighted by molar-refractivity contribution is -0.127. The van der Waals surface area contributed by atoms with Gasteiger partial charge in [-0.15, -0.1) is 0 Å². The molecule has 2 aromatic carbocycles. The molecule has 2 atom stereocenters. The Hall–Kier alpha value is -2.66. The van der Waals surface area contributed by atoms with Crippen LogP contribution in [0, 0.1) is 0 Å². The molecule has 2 amide bonds. The first-order chi connectivity index (χ1) is 15.2. The van der Waals surface area contributed by atoms with Crippen LogP contribution in [0.25, 0.3) is 0 Å². The summed E-state index contributed by atoms with van der Waals surface area (Å²) in [7, 11) is 0. The lowest BCUT2D eigenvalue weighted by atomic mass is 9.71. The summed E-state index contributed by atoms with van der Waals surface area (Å²) in [5.74, 6) is -0.283. The van der Waals surface area contributed by atoms with E-state index in [9.17, 15) is 9.59 Å². The van der Waals surface area contributed by atoms with Crippen LogP contribution >= 0.6 is 0 Å².